The molecule has 4 heteroatoms. The molecule has 0 spiro atoms. The molecule has 1 fully saturated rings. The third-order valence-corrected chi connectivity index (χ3v) is 7.41. The lowest BCUT2D eigenvalue weighted by molar-refractivity contribution is -0.116. The average molecular weight is 510 g/mol. The van der Waals surface area contributed by atoms with Gasteiger partial charge < -0.3 is 4.90 Å². The minimum absolute atomic E-state index is 0.130. The minimum atomic E-state index is -0.237. The molecule has 1 heterocycles. The summed E-state index contributed by atoms with van der Waals surface area (Å²) in [4.78, 5) is 14.5. The van der Waals surface area contributed by atoms with E-state index in [0.717, 1.165) is 48.2 Å². The number of hydrogen-bond acceptors (Lipinski definition) is 2. The van der Waals surface area contributed by atoms with E-state index >= 15 is 0 Å². The van der Waals surface area contributed by atoms with Crippen LogP contribution in [0.25, 0.3) is 0 Å². The highest BCUT2D eigenvalue weighted by atomic mass is 32.2. The first kappa shape index (κ1) is 34.0. The SMILES string of the molecule is CC1CCCCC1.CCCC.CCCCC(C)C.CCCCCN1C(=O)CSc2cc(F)ccc21. The molecule has 0 unspecified atom stereocenters. The highest BCUT2D eigenvalue weighted by Gasteiger charge is 2.24. The Morgan fingerprint density at radius 3 is 2.03 bits per heavy atom. The summed E-state index contributed by atoms with van der Waals surface area (Å²) in [5.74, 6) is 2.25. The van der Waals surface area contributed by atoms with Crippen LogP contribution < -0.4 is 4.90 Å². The second kappa shape index (κ2) is 22.2. The van der Waals surface area contributed by atoms with Crippen LogP contribution in [0.4, 0.5) is 10.1 Å². The van der Waals surface area contributed by atoms with Gasteiger partial charge in [0.1, 0.15) is 5.82 Å². The molecule has 204 valence electrons. The van der Waals surface area contributed by atoms with Crippen LogP contribution in [-0.4, -0.2) is 18.2 Å². The first-order valence-corrected chi connectivity index (χ1v) is 15.5. The van der Waals surface area contributed by atoms with Gasteiger partial charge in [-0.15, -0.1) is 11.8 Å². The summed E-state index contributed by atoms with van der Waals surface area (Å²) in [5.41, 5.74) is 0.865. The lowest BCUT2D eigenvalue weighted by atomic mass is 9.91. The van der Waals surface area contributed by atoms with E-state index in [2.05, 4.69) is 48.5 Å². The second-order valence-electron chi connectivity index (χ2n) is 10.4. The van der Waals surface area contributed by atoms with E-state index in [9.17, 15) is 9.18 Å². The minimum Gasteiger partial charge on any atom is -0.311 e. The molecule has 0 saturated heterocycles. The van der Waals surface area contributed by atoms with Crippen LogP contribution in [0, 0.1) is 17.7 Å². The monoisotopic (exact) mass is 509 g/mol. The van der Waals surface area contributed by atoms with Gasteiger partial charge in [-0.2, -0.15) is 0 Å². The van der Waals surface area contributed by atoms with Gasteiger partial charge >= 0.3 is 0 Å². The molecule has 3 rings (SSSR count). The number of benzene rings is 1. The van der Waals surface area contributed by atoms with Crippen LogP contribution in [0.15, 0.2) is 23.1 Å². The molecule has 2 aliphatic rings. The number of carbonyl (C=O) groups excluding carboxylic acids is 1. The summed E-state index contributed by atoms with van der Waals surface area (Å²) in [5, 5.41) is 0. The van der Waals surface area contributed by atoms with Crippen LogP contribution in [0.1, 0.15) is 132 Å². The third kappa shape index (κ3) is 17.1. The molecule has 0 N–H and O–H groups in total. The number of hydrogen-bond donors (Lipinski definition) is 0. The largest absolute Gasteiger partial charge is 0.311 e. The lowest BCUT2D eigenvalue weighted by Crippen LogP contribution is -2.36. The van der Waals surface area contributed by atoms with Gasteiger partial charge in [-0.25, -0.2) is 4.39 Å². The summed E-state index contributed by atoms with van der Waals surface area (Å²) >= 11 is 1.42. The van der Waals surface area contributed by atoms with E-state index < -0.39 is 0 Å². The molecule has 0 atom stereocenters. The summed E-state index contributed by atoms with van der Waals surface area (Å²) in [6, 6.07) is 4.64. The number of anilines is 1. The number of rotatable bonds is 8. The normalized spacial score (nSPS) is 15.2. The molecular formula is C31H56FNOS. The maximum Gasteiger partial charge on any atom is 0.237 e. The van der Waals surface area contributed by atoms with Crippen molar-refractivity contribution >= 4 is 23.4 Å². The fourth-order valence-electron chi connectivity index (χ4n) is 3.86. The molecule has 1 saturated carbocycles. The fraction of sp³-hybridized carbons (Fsp3) is 0.774. The van der Waals surface area contributed by atoms with Crippen molar-refractivity contribution < 1.29 is 9.18 Å². The van der Waals surface area contributed by atoms with E-state index in [1.54, 1.807) is 11.0 Å². The Bertz CT molecular complexity index is 641. The Labute approximate surface area is 222 Å². The van der Waals surface area contributed by atoms with Crippen LogP contribution >= 0.6 is 11.8 Å². The van der Waals surface area contributed by atoms with Crippen molar-refractivity contribution in [2.75, 3.05) is 17.2 Å². The highest BCUT2D eigenvalue weighted by molar-refractivity contribution is 8.00. The molecule has 1 aromatic rings. The van der Waals surface area contributed by atoms with Crippen molar-refractivity contribution in [1.82, 2.24) is 0 Å². The molecule has 2 nitrogen and oxygen atoms in total. The van der Waals surface area contributed by atoms with Crippen molar-refractivity contribution in [1.29, 1.82) is 0 Å². The second-order valence-corrected chi connectivity index (χ2v) is 11.4. The molecular weight excluding hydrogens is 453 g/mol. The maximum atomic E-state index is 13.1. The number of fused-ring (bicyclic) bond motifs is 1. The summed E-state index contributed by atoms with van der Waals surface area (Å²) < 4.78 is 13.1. The number of carbonyl (C=O) groups is 1. The van der Waals surface area contributed by atoms with E-state index in [4.69, 9.17) is 0 Å². The third-order valence-electron chi connectivity index (χ3n) is 6.38. The maximum absolute atomic E-state index is 13.1. The zero-order valence-electron chi connectivity index (χ0n) is 24.1. The van der Waals surface area contributed by atoms with E-state index in [1.807, 2.05) is 0 Å². The predicted molar refractivity (Wildman–Crippen MR) is 156 cm³/mol. The topological polar surface area (TPSA) is 20.3 Å². The molecule has 0 radical (unpaired) electrons. The number of thioether (sulfide) groups is 1. The van der Waals surface area contributed by atoms with Gasteiger partial charge in [0, 0.05) is 11.4 Å². The molecule has 35 heavy (non-hydrogen) atoms. The lowest BCUT2D eigenvalue weighted by Gasteiger charge is -2.28. The Balaban J connectivity index is 0.000000531. The van der Waals surface area contributed by atoms with Gasteiger partial charge in [-0.3, -0.25) is 4.79 Å². The average Bonchev–Trinajstić information content (AvgIpc) is 2.85. The van der Waals surface area contributed by atoms with Crippen LogP contribution in [-0.2, 0) is 4.79 Å². The van der Waals surface area contributed by atoms with Gasteiger partial charge in [0.2, 0.25) is 5.91 Å². The van der Waals surface area contributed by atoms with Gasteiger partial charge in [0.15, 0.2) is 0 Å². The molecule has 1 amide bonds. The first-order chi connectivity index (χ1) is 16.8. The van der Waals surface area contributed by atoms with Crippen molar-refractivity contribution in [3.05, 3.63) is 24.0 Å². The Kier molecular flexibility index (Phi) is 21.5. The fourth-order valence-corrected chi connectivity index (χ4v) is 4.82. The summed E-state index contributed by atoms with van der Waals surface area (Å²) in [6.45, 7) is 16.4. The van der Waals surface area contributed by atoms with E-state index in [0.29, 0.717) is 5.75 Å². The van der Waals surface area contributed by atoms with Gasteiger partial charge in [0.25, 0.3) is 0 Å². The van der Waals surface area contributed by atoms with Gasteiger partial charge in [-0.1, -0.05) is 126 Å². The molecule has 0 aromatic heterocycles. The number of halogens is 1. The highest BCUT2D eigenvalue weighted by Crippen LogP contribution is 2.35. The first-order valence-electron chi connectivity index (χ1n) is 14.5. The summed E-state index contributed by atoms with van der Waals surface area (Å²) in [7, 11) is 0. The molecule has 1 aliphatic carbocycles. The zero-order chi connectivity index (χ0) is 26.5. The van der Waals surface area contributed by atoms with Crippen molar-refractivity contribution in [2.45, 2.75) is 137 Å². The standard InChI is InChI=1S/C13H16FNOS.C7H14.C7H16.C4H10/c1-2-3-4-7-15-11-6-5-10(14)8-12(11)17-9-13(15)16;1-7-5-3-2-4-6-7;1-4-5-6-7(2)3;1-3-4-2/h5-6,8H,2-4,7,9H2,1H3;7H,2-6H2,1H3;7H,4-6H2,1-3H3;3-4H2,1-2H3. The summed E-state index contributed by atoms with van der Waals surface area (Å²) in [6.07, 6.45) is 17.5. The Hall–Kier alpha value is -1.03. The van der Waals surface area contributed by atoms with E-state index in [1.165, 1.54) is 88.1 Å². The quantitative estimate of drug-likeness (QED) is 0.325. The Morgan fingerprint density at radius 2 is 1.57 bits per heavy atom. The predicted octanol–water partition coefficient (Wildman–Crippen LogP) is 10.7. The van der Waals surface area contributed by atoms with Crippen molar-refractivity contribution in [3.8, 4) is 0 Å². The Morgan fingerprint density at radius 1 is 0.943 bits per heavy atom. The molecule has 1 aromatic carbocycles. The molecule has 0 bridgehead atoms. The zero-order valence-corrected chi connectivity index (χ0v) is 25.0. The molecule has 1 aliphatic heterocycles. The number of nitrogens with zero attached hydrogens (tertiary/aromatic N) is 1. The van der Waals surface area contributed by atoms with Crippen LogP contribution in [0.3, 0.4) is 0 Å². The number of amides is 1. The van der Waals surface area contributed by atoms with Crippen molar-refractivity contribution in [3.63, 3.8) is 0 Å². The smallest absolute Gasteiger partial charge is 0.237 e. The van der Waals surface area contributed by atoms with Crippen LogP contribution in [0.5, 0.6) is 0 Å². The van der Waals surface area contributed by atoms with Gasteiger partial charge in [-0.05, 0) is 36.5 Å². The number of unbranched alkanes of at least 4 members (excludes halogenated alkanes) is 4. The van der Waals surface area contributed by atoms with Gasteiger partial charge in [0.05, 0.1) is 11.4 Å². The van der Waals surface area contributed by atoms with Crippen LogP contribution in [0.2, 0.25) is 0 Å². The van der Waals surface area contributed by atoms with Crippen molar-refractivity contribution in [2.24, 2.45) is 11.8 Å². The van der Waals surface area contributed by atoms with E-state index in [-0.39, 0.29) is 11.7 Å².